The van der Waals surface area contributed by atoms with Crippen molar-refractivity contribution >= 4 is 34.2 Å². The van der Waals surface area contributed by atoms with Gasteiger partial charge < -0.3 is 26.2 Å². The van der Waals surface area contributed by atoms with Gasteiger partial charge in [-0.2, -0.15) is 0 Å². The van der Waals surface area contributed by atoms with E-state index in [0.29, 0.717) is 17.2 Å². The van der Waals surface area contributed by atoms with E-state index in [2.05, 4.69) is 15.6 Å². The SMILES string of the molecule is CC(C)(C)NC(=O)OCCCC(=O)Nc1nc(-c2cccc(N)c2)cs1.CO. The van der Waals surface area contributed by atoms with Gasteiger partial charge in [-0.25, -0.2) is 9.78 Å². The summed E-state index contributed by atoms with van der Waals surface area (Å²) in [6.07, 6.45) is 0.206. The molecule has 2 rings (SSSR count). The Bertz CT molecular complexity index is 771. The minimum atomic E-state index is -0.482. The van der Waals surface area contributed by atoms with Crippen molar-refractivity contribution in [3.8, 4) is 11.3 Å². The highest BCUT2D eigenvalue weighted by molar-refractivity contribution is 7.14. The number of thiazole rings is 1. The Morgan fingerprint density at radius 1 is 1.29 bits per heavy atom. The second-order valence-electron chi connectivity index (χ2n) is 6.83. The first-order chi connectivity index (χ1) is 13.2. The molecule has 0 fully saturated rings. The Kier molecular flexibility index (Phi) is 9.40. The molecule has 0 spiro atoms. The Balaban J connectivity index is 0.00000190. The molecule has 0 saturated heterocycles. The number of nitrogens with one attached hydrogen (secondary N) is 2. The van der Waals surface area contributed by atoms with Crippen molar-refractivity contribution in [2.45, 2.75) is 39.2 Å². The second kappa shape index (κ2) is 11.3. The molecule has 0 bridgehead atoms. The van der Waals surface area contributed by atoms with Gasteiger partial charge in [0.25, 0.3) is 0 Å². The van der Waals surface area contributed by atoms with Gasteiger partial charge in [0.1, 0.15) is 0 Å². The Labute approximate surface area is 169 Å². The molecule has 0 unspecified atom stereocenters. The van der Waals surface area contributed by atoms with Crippen molar-refractivity contribution < 1.29 is 19.4 Å². The number of nitrogen functional groups attached to an aromatic ring is 1. The Morgan fingerprint density at radius 2 is 2.00 bits per heavy atom. The van der Waals surface area contributed by atoms with Crippen LogP contribution >= 0.6 is 11.3 Å². The van der Waals surface area contributed by atoms with Gasteiger partial charge in [-0.15, -0.1) is 11.3 Å². The van der Waals surface area contributed by atoms with Crippen molar-refractivity contribution in [2.75, 3.05) is 24.8 Å². The highest BCUT2D eigenvalue weighted by Gasteiger charge is 2.14. The molecule has 0 atom stereocenters. The van der Waals surface area contributed by atoms with Crippen molar-refractivity contribution in [3.05, 3.63) is 29.6 Å². The smallest absolute Gasteiger partial charge is 0.407 e. The zero-order valence-corrected chi connectivity index (χ0v) is 17.4. The summed E-state index contributed by atoms with van der Waals surface area (Å²) in [5.41, 5.74) is 7.76. The lowest BCUT2D eigenvalue weighted by Crippen LogP contribution is -2.41. The van der Waals surface area contributed by atoms with E-state index < -0.39 is 6.09 Å². The summed E-state index contributed by atoms with van der Waals surface area (Å²) in [5.74, 6) is -0.168. The first-order valence-electron chi connectivity index (χ1n) is 8.74. The molecule has 5 N–H and O–H groups in total. The van der Waals surface area contributed by atoms with Gasteiger partial charge in [-0.1, -0.05) is 12.1 Å². The van der Waals surface area contributed by atoms with Crippen LogP contribution in [0.15, 0.2) is 29.6 Å². The fourth-order valence-electron chi connectivity index (χ4n) is 2.08. The lowest BCUT2D eigenvalue weighted by Gasteiger charge is -2.19. The number of carbonyl (C=O) groups is 2. The lowest BCUT2D eigenvalue weighted by molar-refractivity contribution is -0.116. The maximum Gasteiger partial charge on any atom is 0.407 e. The van der Waals surface area contributed by atoms with Crippen LogP contribution in [0.3, 0.4) is 0 Å². The lowest BCUT2D eigenvalue weighted by atomic mass is 10.1. The molecule has 0 aliphatic carbocycles. The molecule has 8 nitrogen and oxygen atoms in total. The number of rotatable bonds is 6. The van der Waals surface area contributed by atoms with Crippen LogP contribution in [0, 0.1) is 0 Å². The average Bonchev–Trinajstić information content (AvgIpc) is 3.07. The monoisotopic (exact) mass is 408 g/mol. The second-order valence-corrected chi connectivity index (χ2v) is 7.68. The highest BCUT2D eigenvalue weighted by atomic mass is 32.1. The van der Waals surface area contributed by atoms with Crippen LogP contribution in [0.25, 0.3) is 11.3 Å². The third-order valence-corrected chi connectivity index (χ3v) is 3.95. The van der Waals surface area contributed by atoms with E-state index >= 15 is 0 Å². The van der Waals surface area contributed by atoms with Crippen LogP contribution in [0.2, 0.25) is 0 Å². The average molecular weight is 409 g/mol. The molecule has 1 aromatic heterocycles. The molecule has 0 aliphatic rings. The number of hydrogen-bond acceptors (Lipinski definition) is 7. The summed E-state index contributed by atoms with van der Waals surface area (Å²) in [6.45, 7) is 5.79. The first-order valence-corrected chi connectivity index (χ1v) is 9.62. The largest absolute Gasteiger partial charge is 0.450 e. The van der Waals surface area contributed by atoms with Crippen LogP contribution in [0.1, 0.15) is 33.6 Å². The van der Waals surface area contributed by atoms with Crippen molar-refractivity contribution in [2.24, 2.45) is 0 Å². The van der Waals surface area contributed by atoms with Gasteiger partial charge in [0.15, 0.2) is 5.13 Å². The molecule has 1 aromatic carbocycles. The van der Waals surface area contributed by atoms with Crippen LogP contribution < -0.4 is 16.4 Å². The fraction of sp³-hybridized carbons (Fsp3) is 0.421. The minimum absolute atomic E-state index is 0.168. The molecular weight excluding hydrogens is 380 g/mol. The third-order valence-electron chi connectivity index (χ3n) is 3.19. The maximum atomic E-state index is 12.0. The summed E-state index contributed by atoms with van der Waals surface area (Å²) in [6, 6.07) is 7.41. The predicted octanol–water partition coefficient (Wildman–Crippen LogP) is 3.24. The highest BCUT2D eigenvalue weighted by Crippen LogP contribution is 2.26. The van der Waals surface area contributed by atoms with Gasteiger partial charge in [-0.3, -0.25) is 4.79 Å². The molecule has 28 heavy (non-hydrogen) atoms. The molecule has 2 amide bonds. The van der Waals surface area contributed by atoms with E-state index in [4.69, 9.17) is 15.6 Å². The van der Waals surface area contributed by atoms with Gasteiger partial charge in [0, 0.05) is 35.7 Å². The van der Waals surface area contributed by atoms with Crippen molar-refractivity contribution in [1.29, 1.82) is 0 Å². The van der Waals surface area contributed by atoms with Crippen LogP contribution in [0.4, 0.5) is 15.6 Å². The summed E-state index contributed by atoms with van der Waals surface area (Å²) < 4.78 is 5.04. The number of amides is 2. The number of carbonyl (C=O) groups excluding carboxylic acids is 2. The molecular formula is C19H28N4O4S. The van der Waals surface area contributed by atoms with E-state index in [-0.39, 0.29) is 24.5 Å². The number of aliphatic hydroxyl groups is 1. The molecule has 0 radical (unpaired) electrons. The number of hydrogen-bond donors (Lipinski definition) is 4. The van der Waals surface area contributed by atoms with E-state index in [1.165, 1.54) is 11.3 Å². The van der Waals surface area contributed by atoms with Crippen molar-refractivity contribution in [3.63, 3.8) is 0 Å². The number of anilines is 2. The molecule has 2 aromatic rings. The zero-order valence-electron chi connectivity index (χ0n) is 16.6. The number of nitrogens with two attached hydrogens (primary N) is 1. The third kappa shape index (κ3) is 8.83. The number of nitrogens with zero attached hydrogens (tertiary/aromatic N) is 1. The molecule has 9 heteroatoms. The number of aromatic nitrogens is 1. The summed E-state index contributed by atoms with van der Waals surface area (Å²) in [4.78, 5) is 27.9. The van der Waals surface area contributed by atoms with Crippen LogP contribution in [-0.2, 0) is 9.53 Å². The van der Waals surface area contributed by atoms with Crippen LogP contribution in [0.5, 0.6) is 0 Å². The first kappa shape index (κ1) is 23.4. The predicted molar refractivity (Wildman–Crippen MR) is 112 cm³/mol. The van der Waals surface area contributed by atoms with Gasteiger partial charge in [0.05, 0.1) is 12.3 Å². The molecule has 154 valence electrons. The van der Waals surface area contributed by atoms with Gasteiger partial charge >= 0.3 is 6.09 Å². The van der Waals surface area contributed by atoms with E-state index in [1.54, 1.807) is 0 Å². The van der Waals surface area contributed by atoms with Crippen LogP contribution in [-0.4, -0.2) is 41.3 Å². The van der Waals surface area contributed by atoms with Gasteiger partial charge in [-0.05, 0) is 39.3 Å². The van der Waals surface area contributed by atoms with E-state index in [1.807, 2.05) is 50.4 Å². The topological polar surface area (TPSA) is 127 Å². The standard InChI is InChI=1S/C18H24N4O3S.CH4O/c1-18(2,3)22-17(24)25-9-5-8-15(23)21-16-20-14(11-26-16)12-6-4-7-13(19)10-12;1-2/h4,6-7,10-11H,5,8-9,19H2,1-3H3,(H,22,24)(H,20,21,23);2H,1H3. The van der Waals surface area contributed by atoms with Crippen molar-refractivity contribution in [1.82, 2.24) is 10.3 Å². The fourth-order valence-corrected chi connectivity index (χ4v) is 2.82. The molecule has 0 saturated carbocycles. The number of alkyl carbamates (subject to hydrolysis) is 1. The summed E-state index contributed by atoms with van der Waals surface area (Å²) in [5, 5.41) is 14.8. The Hall–Kier alpha value is -2.65. The number of aliphatic hydroxyl groups excluding tert-OH is 1. The van der Waals surface area contributed by atoms with Gasteiger partial charge in [0.2, 0.25) is 5.91 Å². The van der Waals surface area contributed by atoms with E-state index in [0.717, 1.165) is 18.4 Å². The summed E-state index contributed by atoms with van der Waals surface area (Å²) in [7, 11) is 1.00. The maximum absolute atomic E-state index is 12.0. The quantitative estimate of drug-likeness (QED) is 0.429. The number of ether oxygens (including phenoxy) is 1. The molecule has 0 aliphatic heterocycles. The summed E-state index contributed by atoms with van der Waals surface area (Å²) >= 11 is 1.35. The molecule has 1 heterocycles. The zero-order chi connectivity index (χ0) is 21.2. The van der Waals surface area contributed by atoms with E-state index in [9.17, 15) is 9.59 Å². The minimum Gasteiger partial charge on any atom is -0.450 e. The normalized spacial score (nSPS) is 10.5. The Morgan fingerprint density at radius 3 is 2.64 bits per heavy atom. The number of benzene rings is 1.